The van der Waals surface area contributed by atoms with Gasteiger partial charge in [-0.3, -0.25) is 9.59 Å². The Bertz CT molecular complexity index is 1540. The second-order valence-electron chi connectivity index (χ2n) is 9.15. The van der Waals surface area contributed by atoms with E-state index in [9.17, 15) is 18.0 Å². The summed E-state index contributed by atoms with van der Waals surface area (Å²) in [5.74, 6) is 0.283. The Labute approximate surface area is 224 Å². The summed E-state index contributed by atoms with van der Waals surface area (Å²) in [6.45, 7) is 2.89. The SMILES string of the molecule is CCC1CCCCN1S(=O)(=O)c1ccc(C(=O)N=c2sc3cc4c(cc3n2CCC(=O)OC)OCO4)cc1. The number of carbonyl (C=O) groups is 2. The van der Waals surface area contributed by atoms with Crippen molar-refractivity contribution in [3.63, 3.8) is 0 Å². The lowest BCUT2D eigenvalue weighted by molar-refractivity contribution is -0.140. The number of piperidine rings is 1. The molecule has 0 aliphatic carbocycles. The first-order valence-electron chi connectivity index (χ1n) is 12.5. The highest BCUT2D eigenvalue weighted by Gasteiger charge is 2.32. The lowest BCUT2D eigenvalue weighted by Crippen LogP contribution is -2.43. The lowest BCUT2D eigenvalue weighted by atomic mass is 10.0. The molecule has 1 atom stereocenters. The minimum atomic E-state index is -3.65. The summed E-state index contributed by atoms with van der Waals surface area (Å²) in [6.07, 6.45) is 3.59. The molecule has 1 saturated heterocycles. The van der Waals surface area contributed by atoms with Gasteiger partial charge in [-0.15, -0.1) is 0 Å². The minimum Gasteiger partial charge on any atom is -0.469 e. The number of hydrogen-bond acceptors (Lipinski definition) is 8. The molecule has 1 amide bonds. The Morgan fingerprint density at radius 3 is 2.58 bits per heavy atom. The molecule has 1 aromatic heterocycles. The number of ether oxygens (including phenoxy) is 3. The molecule has 1 fully saturated rings. The lowest BCUT2D eigenvalue weighted by Gasteiger charge is -2.34. The predicted molar refractivity (Wildman–Crippen MR) is 141 cm³/mol. The molecule has 3 aromatic rings. The van der Waals surface area contributed by atoms with Gasteiger partial charge >= 0.3 is 5.97 Å². The fraction of sp³-hybridized carbons (Fsp3) is 0.423. The number of rotatable bonds is 7. The average molecular weight is 560 g/mol. The Balaban J connectivity index is 1.46. The third kappa shape index (κ3) is 5.07. The highest BCUT2D eigenvalue weighted by atomic mass is 32.2. The van der Waals surface area contributed by atoms with E-state index in [1.807, 2.05) is 13.0 Å². The molecule has 0 saturated carbocycles. The third-order valence-electron chi connectivity index (χ3n) is 6.89. The van der Waals surface area contributed by atoms with Crippen molar-refractivity contribution >= 4 is 43.5 Å². The zero-order valence-corrected chi connectivity index (χ0v) is 22.8. The van der Waals surface area contributed by atoms with Gasteiger partial charge in [0.2, 0.25) is 16.8 Å². The molecule has 38 heavy (non-hydrogen) atoms. The number of aryl methyl sites for hydroxylation is 1. The van der Waals surface area contributed by atoms with E-state index in [1.165, 1.54) is 42.7 Å². The maximum absolute atomic E-state index is 13.3. The van der Waals surface area contributed by atoms with Gasteiger partial charge in [0.15, 0.2) is 16.3 Å². The first kappa shape index (κ1) is 26.4. The van der Waals surface area contributed by atoms with E-state index in [2.05, 4.69) is 4.99 Å². The number of carbonyl (C=O) groups excluding carboxylic acids is 2. The van der Waals surface area contributed by atoms with Crippen LogP contribution in [0.3, 0.4) is 0 Å². The van der Waals surface area contributed by atoms with E-state index >= 15 is 0 Å². The maximum Gasteiger partial charge on any atom is 0.307 e. The van der Waals surface area contributed by atoms with Crippen LogP contribution in [-0.4, -0.2) is 55.7 Å². The van der Waals surface area contributed by atoms with Crippen molar-refractivity contribution < 1.29 is 32.2 Å². The number of amides is 1. The molecule has 10 nitrogen and oxygen atoms in total. The number of fused-ring (bicyclic) bond motifs is 2. The van der Waals surface area contributed by atoms with E-state index in [1.54, 1.807) is 14.9 Å². The van der Waals surface area contributed by atoms with Gasteiger partial charge in [0.05, 0.1) is 28.6 Å². The number of aromatic nitrogens is 1. The monoisotopic (exact) mass is 559 g/mol. The molecule has 0 radical (unpaired) electrons. The number of methoxy groups -OCH3 is 1. The van der Waals surface area contributed by atoms with E-state index in [0.717, 1.165) is 35.9 Å². The number of nitrogens with zero attached hydrogens (tertiary/aromatic N) is 3. The second kappa shape index (κ2) is 10.9. The molecule has 5 rings (SSSR count). The summed E-state index contributed by atoms with van der Waals surface area (Å²) < 4.78 is 46.5. The minimum absolute atomic E-state index is 0.00405. The molecule has 12 heteroatoms. The molecule has 0 bridgehead atoms. The molecule has 202 valence electrons. The van der Waals surface area contributed by atoms with Gasteiger partial charge in [-0.25, -0.2) is 8.42 Å². The van der Waals surface area contributed by atoms with Crippen LogP contribution >= 0.6 is 11.3 Å². The van der Waals surface area contributed by atoms with Crippen LogP contribution in [0.25, 0.3) is 10.2 Å². The molecule has 3 heterocycles. The van der Waals surface area contributed by atoms with Crippen molar-refractivity contribution in [3.05, 3.63) is 46.8 Å². The maximum atomic E-state index is 13.3. The van der Waals surface area contributed by atoms with Crippen LogP contribution in [0.2, 0.25) is 0 Å². The smallest absolute Gasteiger partial charge is 0.307 e. The highest BCUT2D eigenvalue weighted by Crippen LogP contribution is 2.37. The quantitative estimate of drug-likeness (QED) is 0.405. The summed E-state index contributed by atoms with van der Waals surface area (Å²) in [5.41, 5.74) is 1.02. The first-order chi connectivity index (χ1) is 18.3. The largest absolute Gasteiger partial charge is 0.469 e. The number of hydrogen-bond donors (Lipinski definition) is 0. The fourth-order valence-corrected chi connectivity index (χ4v) is 7.65. The summed E-state index contributed by atoms with van der Waals surface area (Å²) in [5, 5.41) is 0. The Kier molecular flexibility index (Phi) is 7.55. The zero-order chi connectivity index (χ0) is 26.9. The van der Waals surface area contributed by atoms with Crippen LogP contribution < -0.4 is 14.3 Å². The van der Waals surface area contributed by atoms with Crippen molar-refractivity contribution in [1.29, 1.82) is 0 Å². The summed E-state index contributed by atoms with van der Waals surface area (Å²) in [7, 11) is -2.33. The van der Waals surface area contributed by atoms with Crippen molar-refractivity contribution in [2.75, 3.05) is 20.4 Å². The average Bonchev–Trinajstić information content (AvgIpc) is 3.53. The predicted octanol–water partition coefficient (Wildman–Crippen LogP) is 3.69. The third-order valence-corrected chi connectivity index (χ3v) is 9.90. The van der Waals surface area contributed by atoms with Gasteiger partial charge in [0.1, 0.15) is 0 Å². The van der Waals surface area contributed by atoms with E-state index < -0.39 is 15.9 Å². The Morgan fingerprint density at radius 2 is 1.87 bits per heavy atom. The van der Waals surface area contributed by atoms with Crippen LogP contribution in [0.15, 0.2) is 46.3 Å². The Hall–Kier alpha value is -3.22. The van der Waals surface area contributed by atoms with E-state index in [4.69, 9.17) is 14.2 Å². The van der Waals surface area contributed by atoms with E-state index in [-0.39, 0.29) is 42.2 Å². The van der Waals surface area contributed by atoms with Gasteiger partial charge in [-0.1, -0.05) is 24.7 Å². The molecule has 0 N–H and O–H groups in total. The van der Waals surface area contributed by atoms with Gasteiger partial charge < -0.3 is 18.8 Å². The fourth-order valence-electron chi connectivity index (χ4n) is 4.82. The molecule has 2 aromatic carbocycles. The molecular weight excluding hydrogens is 530 g/mol. The van der Waals surface area contributed by atoms with Gasteiger partial charge in [-0.05, 0) is 43.5 Å². The number of sulfonamides is 1. The number of benzene rings is 2. The van der Waals surface area contributed by atoms with Gasteiger partial charge in [0.25, 0.3) is 5.91 Å². The number of esters is 1. The van der Waals surface area contributed by atoms with Crippen LogP contribution in [0, 0.1) is 0 Å². The first-order valence-corrected chi connectivity index (χ1v) is 14.8. The standard InChI is InChI=1S/C26H29N3O7S2/c1-3-18-6-4-5-12-29(18)38(32,33)19-9-7-17(8-10-19)25(31)27-26-28(13-11-24(30)34-2)20-14-21-22(36-16-35-21)15-23(20)37-26/h7-10,14-15,18H,3-6,11-13,16H2,1-2H3. The van der Waals surface area contributed by atoms with Crippen molar-refractivity contribution in [3.8, 4) is 11.5 Å². The highest BCUT2D eigenvalue weighted by molar-refractivity contribution is 7.89. The summed E-state index contributed by atoms with van der Waals surface area (Å²) in [4.78, 5) is 29.8. The molecule has 0 spiro atoms. The summed E-state index contributed by atoms with van der Waals surface area (Å²) >= 11 is 1.29. The van der Waals surface area contributed by atoms with Crippen molar-refractivity contribution in [2.45, 2.75) is 56.5 Å². The summed E-state index contributed by atoms with van der Waals surface area (Å²) in [6, 6.07) is 9.54. The molecule has 1 unspecified atom stereocenters. The normalized spacial score (nSPS) is 18.2. The topological polar surface area (TPSA) is 117 Å². The molecular formula is C26H29N3O7S2. The van der Waals surface area contributed by atoms with Crippen LogP contribution in [0.1, 0.15) is 49.4 Å². The van der Waals surface area contributed by atoms with Crippen LogP contribution in [-0.2, 0) is 26.1 Å². The van der Waals surface area contributed by atoms with E-state index in [0.29, 0.717) is 22.8 Å². The second-order valence-corrected chi connectivity index (χ2v) is 12.1. The van der Waals surface area contributed by atoms with Gasteiger partial charge in [-0.2, -0.15) is 9.30 Å². The van der Waals surface area contributed by atoms with Crippen molar-refractivity contribution in [2.24, 2.45) is 4.99 Å². The molecule has 2 aliphatic rings. The van der Waals surface area contributed by atoms with Crippen molar-refractivity contribution in [1.82, 2.24) is 8.87 Å². The molecule has 2 aliphatic heterocycles. The zero-order valence-electron chi connectivity index (χ0n) is 21.2. The van der Waals surface area contributed by atoms with Crippen LogP contribution in [0.4, 0.5) is 0 Å². The van der Waals surface area contributed by atoms with Gasteiger partial charge in [0, 0.05) is 36.8 Å². The Morgan fingerprint density at radius 1 is 1.13 bits per heavy atom. The van der Waals surface area contributed by atoms with Crippen LogP contribution in [0.5, 0.6) is 11.5 Å². The number of thiazole rings is 1.